The molecule has 2 fully saturated rings. The van der Waals surface area contributed by atoms with Gasteiger partial charge in [-0.05, 0) is 42.2 Å². The maximum atomic E-state index is 12.9. The van der Waals surface area contributed by atoms with Crippen molar-refractivity contribution in [1.29, 1.82) is 0 Å². The van der Waals surface area contributed by atoms with Crippen LogP contribution in [-0.4, -0.2) is 56.2 Å². The molecule has 34 heavy (non-hydrogen) atoms. The van der Waals surface area contributed by atoms with Crippen molar-refractivity contribution in [2.24, 2.45) is 5.92 Å². The van der Waals surface area contributed by atoms with Crippen molar-refractivity contribution in [3.05, 3.63) is 65.7 Å². The molecule has 0 bridgehead atoms. The van der Waals surface area contributed by atoms with Gasteiger partial charge in [0.05, 0.1) is 10.6 Å². The minimum Gasteiger partial charge on any atom is -0.339 e. The number of carbonyl (C=O) groups excluding carboxylic acids is 2. The zero-order chi connectivity index (χ0) is 24.0. The van der Waals surface area contributed by atoms with E-state index in [2.05, 4.69) is 0 Å². The lowest BCUT2D eigenvalue weighted by Gasteiger charge is -2.35. The van der Waals surface area contributed by atoms with Crippen molar-refractivity contribution in [2.75, 3.05) is 26.2 Å². The molecule has 1 aliphatic heterocycles. The minimum atomic E-state index is -3.43. The second-order valence-electron chi connectivity index (χ2n) is 9.48. The standard InChI is InChI=1S/C27H34N2O4S/c30-26(16-13-22-7-3-1-4-8-22)28-17-19-29(20-18-28)27(31)24-14-11-23(12-15-24)21-34(32,33)25-9-5-2-6-10-25/h2,5-6,9-12,14-15,22H,1,3-4,7-8,13,16-21H2. The fraction of sp³-hybridized carbons (Fsp3) is 0.481. The molecular formula is C27H34N2O4S. The Morgan fingerprint density at radius 1 is 0.794 bits per heavy atom. The maximum Gasteiger partial charge on any atom is 0.253 e. The van der Waals surface area contributed by atoms with Crippen molar-refractivity contribution in [2.45, 2.75) is 55.6 Å². The first-order valence-corrected chi connectivity index (χ1v) is 14.0. The molecule has 2 aromatic carbocycles. The van der Waals surface area contributed by atoms with Gasteiger partial charge in [-0.3, -0.25) is 9.59 Å². The Kier molecular flexibility index (Phi) is 8.03. The largest absolute Gasteiger partial charge is 0.339 e. The molecule has 4 rings (SSSR count). The van der Waals surface area contributed by atoms with Gasteiger partial charge in [0.25, 0.3) is 5.91 Å². The van der Waals surface area contributed by atoms with E-state index in [1.165, 1.54) is 32.1 Å². The summed E-state index contributed by atoms with van der Waals surface area (Å²) in [6.45, 7) is 2.20. The van der Waals surface area contributed by atoms with Gasteiger partial charge in [-0.15, -0.1) is 0 Å². The smallest absolute Gasteiger partial charge is 0.253 e. The second kappa shape index (κ2) is 11.2. The van der Waals surface area contributed by atoms with Crippen molar-refractivity contribution >= 4 is 21.7 Å². The SMILES string of the molecule is O=C(CCC1CCCCC1)N1CCN(C(=O)c2ccc(CS(=O)(=O)c3ccccc3)cc2)CC1. The third kappa shape index (κ3) is 6.26. The molecule has 1 aliphatic carbocycles. The summed E-state index contributed by atoms with van der Waals surface area (Å²) in [4.78, 5) is 29.5. The summed E-state index contributed by atoms with van der Waals surface area (Å²) >= 11 is 0. The molecule has 1 saturated heterocycles. The molecule has 2 amide bonds. The Bertz CT molecular complexity index is 1070. The van der Waals surface area contributed by atoms with E-state index in [0.717, 1.165) is 6.42 Å². The number of nitrogens with zero attached hydrogens (tertiary/aromatic N) is 2. The normalized spacial score (nSPS) is 17.5. The summed E-state index contributed by atoms with van der Waals surface area (Å²) in [6, 6.07) is 15.2. The summed E-state index contributed by atoms with van der Waals surface area (Å²) in [5, 5.41) is 0. The maximum absolute atomic E-state index is 12.9. The summed E-state index contributed by atoms with van der Waals surface area (Å²) in [5.74, 6) is 0.729. The van der Waals surface area contributed by atoms with Crippen LogP contribution in [-0.2, 0) is 20.4 Å². The van der Waals surface area contributed by atoms with E-state index in [1.807, 2.05) is 4.90 Å². The summed E-state index contributed by atoms with van der Waals surface area (Å²) in [6.07, 6.45) is 8.04. The average molecular weight is 483 g/mol. The number of carbonyl (C=O) groups is 2. The Morgan fingerprint density at radius 2 is 1.41 bits per heavy atom. The van der Waals surface area contributed by atoms with Crippen molar-refractivity contribution in [3.8, 4) is 0 Å². The zero-order valence-electron chi connectivity index (χ0n) is 19.7. The van der Waals surface area contributed by atoms with Crippen LogP contribution in [0.3, 0.4) is 0 Å². The van der Waals surface area contributed by atoms with Crippen LogP contribution in [0.15, 0.2) is 59.5 Å². The quantitative estimate of drug-likeness (QED) is 0.590. The van der Waals surface area contributed by atoms with E-state index in [0.29, 0.717) is 54.5 Å². The molecule has 7 heteroatoms. The molecule has 2 aromatic rings. The van der Waals surface area contributed by atoms with Crippen molar-refractivity contribution in [1.82, 2.24) is 9.80 Å². The lowest BCUT2D eigenvalue weighted by atomic mass is 9.86. The zero-order valence-corrected chi connectivity index (χ0v) is 20.5. The van der Waals surface area contributed by atoms with E-state index < -0.39 is 9.84 Å². The molecule has 6 nitrogen and oxygen atoms in total. The van der Waals surface area contributed by atoms with E-state index in [-0.39, 0.29) is 17.6 Å². The number of amides is 2. The number of benzene rings is 2. The Balaban J connectivity index is 1.26. The van der Waals surface area contributed by atoms with Gasteiger partial charge >= 0.3 is 0 Å². The number of hydrogen-bond acceptors (Lipinski definition) is 4. The van der Waals surface area contributed by atoms with Crippen LogP contribution in [0.1, 0.15) is 60.9 Å². The average Bonchev–Trinajstić information content (AvgIpc) is 2.88. The van der Waals surface area contributed by atoms with Crippen LogP contribution in [0.25, 0.3) is 0 Å². The molecule has 0 atom stereocenters. The summed E-state index contributed by atoms with van der Waals surface area (Å²) in [7, 11) is -3.43. The van der Waals surface area contributed by atoms with E-state index in [4.69, 9.17) is 0 Å². The van der Waals surface area contributed by atoms with Gasteiger partial charge in [-0.2, -0.15) is 0 Å². The Morgan fingerprint density at radius 3 is 2.06 bits per heavy atom. The van der Waals surface area contributed by atoms with Crippen molar-refractivity contribution < 1.29 is 18.0 Å². The fourth-order valence-electron chi connectivity index (χ4n) is 4.98. The van der Waals surface area contributed by atoms with Gasteiger partial charge in [-0.1, -0.05) is 62.4 Å². The molecule has 0 radical (unpaired) electrons. The summed E-state index contributed by atoms with van der Waals surface area (Å²) in [5.41, 5.74) is 1.19. The molecule has 182 valence electrons. The van der Waals surface area contributed by atoms with Gasteiger partial charge in [0, 0.05) is 38.2 Å². The molecule has 2 aliphatic rings. The Labute approximate surface area is 202 Å². The highest BCUT2D eigenvalue weighted by Gasteiger charge is 2.25. The van der Waals surface area contributed by atoms with Gasteiger partial charge < -0.3 is 9.80 Å². The lowest BCUT2D eigenvalue weighted by molar-refractivity contribution is -0.133. The van der Waals surface area contributed by atoms with Crippen LogP contribution in [0.2, 0.25) is 0 Å². The molecule has 1 saturated carbocycles. The van der Waals surface area contributed by atoms with Gasteiger partial charge in [0.15, 0.2) is 9.84 Å². The second-order valence-corrected chi connectivity index (χ2v) is 11.5. The van der Waals surface area contributed by atoms with E-state index >= 15 is 0 Å². The highest BCUT2D eigenvalue weighted by atomic mass is 32.2. The molecule has 1 heterocycles. The van der Waals surface area contributed by atoms with Gasteiger partial charge in [-0.25, -0.2) is 8.42 Å². The van der Waals surface area contributed by atoms with E-state index in [1.54, 1.807) is 59.5 Å². The predicted molar refractivity (Wildman–Crippen MR) is 132 cm³/mol. The van der Waals surface area contributed by atoms with Gasteiger partial charge in [0.2, 0.25) is 5.91 Å². The molecule has 0 N–H and O–H groups in total. The van der Waals surface area contributed by atoms with Gasteiger partial charge in [0.1, 0.15) is 0 Å². The van der Waals surface area contributed by atoms with Crippen LogP contribution in [0.5, 0.6) is 0 Å². The lowest BCUT2D eigenvalue weighted by Crippen LogP contribution is -2.50. The van der Waals surface area contributed by atoms with Crippen LogP contribution >= 0.6 is 0 Å². The number of rotatable bonds is 7. The molecule has 0 unspecified atom stereocenters. The summed E-state index contributed by atoms with van der Waals surface area (Å²) < 4.78 is 25.2. The van der Waals surface area contributed by atoms with Crippen molar-refractivity contribution in [3.63, 3.8) is 0 Å². The Hall–Kier alpha value is -2.67. The first kappa shape index (κ1) is 24.5. The third-order valence-electron chi connectivity index (χ3n) is 7.07. The predicted octanol–water partition coefficient (Wildman–Crippen LogP) is 4.31. The number of hydrogen-bond donors (Lipinski definition) is 0. The van der Waals surface area contributed by atoms with Crippen LogP contribution in [0.4, 0.5) is 0 Å². The van der Waals surface area contributed by atoms with Crippen LogP contribution in [0, 0.1) is 5.92 Å². The van der Waals surface area contributed by atoms with E-state index in [9.17, 15) is 18.0 Å². The van der Waals surface area contributed by atoms with Crippen LogP contribution < -0.4 is 0 Å². The molecule has 0 aromatic heterocycles. The minimum absolute atomic E-state index is 0.0771. The fourth-order valence-corrected chi connectivity index (χ4v) is 6.35. The molecule has 0 spiro atoms. The number of sulfone groups is 1. The monoisotopic (exact) mass is 482 g/mol. The highest BCUT2D eigenvalue weighted by molar-refractivity contribution is 7.90. The first-order chi connectivity index (χ1) is 16.4. The molecular weight excluding hydrogens is 448 g/mol. The topological polar surface area (TPSA) is 74.8 Å². The third-order valence-corrected chi connectivity index (χ3v) is 8.77. The number of piperazine rings is 1. The highest BCUT2D eigenvalue weighted by Crippen LogP contribution is 2.27. The first-order valence-electron chi connectivity index (χ1n) is 12.4.